The predicted molar refractivity (Wildman–Crippen MR) is 128 cm³/mol. The van der Waals surface area contributed by atoms with Crippen LogP contribution in [0.5, 0.6) is 0 Å². The van der Waals surface area contributed by atoms with E-state index < -0.39 is 0 Å². The number of fused-ring (bicyclic) bond motifs is 1. The Bertz CT molecular complexity index is 777. The second-order valence-corrected chi connectivity index (χ2v) is 7.80. The van der Waals surface area contributed by atoms with Gasteiger partial charge in [0.1, 0.15) is 11.2 Å². The van der Waals surface area contributed by atoms with Crippen molar-refractivity contribution in [2.24, 2.45) is 4.99 Å². The van der Waals surface area contributed by atoms with Gasteiger partial charge in [-0.25, -0.2) is 4.99 Å². The zero-order valence-corrected chi connectivity index (χ0v) is 19.6. The number of nitrogens with zero attached hydrogens (tertiary/aromatic N) is 1. The summed E-state index contributed by atoms with van der Waals surface area (Å²) in [6.45, 7) is 10.1. The third-order valence-corrected chi connectivity index (χ3v) is 5.55. The van der Waals surface area contributed by atoms with Crippen molar-refractivity contribution in [2.75, 3.05) is 6.54 Å². The van der Waals surface area contributed by atoms with Gasteiger partial charge in [0.15, 0.2) is 0 Å². The first-order valence-electron chi connectivity index (χ1n) is 10.4. The summed E-state index contributed by atoms with van der Waals surface area (Å²) < 4.78 is 0. The maximum absolute atomic E-state index is 11.6. The lowest BCUT2D eigenvalue weighted by atomic mass is 10.0. The van der Waals surface area contributed by atoms with Crippen LogP contribution < -0.4 is 10.6 Å². The van der Waals surface area contributed by atoms with Gasteiger partial charge in [-0.2, -0.15) is 0 Å². The molecule has 0 aromatic heterocycles. The van der Waals surface area contributed by atoms with E-state index >= 15 is 0 Å². The number of benzene rings is 1. The third-order valence-electron chi connectivity index (χ3n) is 4.19. The summed E-state index contributed by atoms with van der Waals surface area (Å²) in [6.07, 6.45) is 5.66. The third kappa shape index (κ3) is 9.18. The SMILES string of the molecule is C=CCC(=O)NC1CCCCCNC1=O.CC.CC1=CSc2ccccc2C(Cl)=N1. The Labute approximate surface area is 189 Å². The van der Waals surface area contributed by atoms with E-state index in [1.807, 2.05) is 50.4 Å². The molecule has 2 heterocycles. The smallest absolute Gasteiger partial charge is 0.242 e. The Kier molecular flexibility index (Phi) is 12.9. The van der Waals surface area contributed by atoms with Crippen LogP contribution in [0, 0.1) is 0 Å². The van der Waals surface area contributed by atoms with Crippen LogP contribution in [0.1, 0.15) is 58.4 Å². The monoisotopic (exact) mass is 449 g/mol. The summed E-state index contributed by atoms with van der Waals surface area (Å²) in [5.74, 6) is -0.196. The molecule has 2 amide bonds. The van der Waals surface area contributed by atoms with Gasteiger partial charge < -0.3 is 10.6 Å². The highest BCUT2D eigenvalue weighted by Gasteiger charge is 2.20. The zero-order valence-electron chi connectivity index (χ0n) is 18.0. The Morgan fingerprint density at radius 1 is 1.33 bits per heavy atom. The number of aliphatic imine (C=N–C) groups is 1. The Balaban J connectivity index is 0.000000279. The first kappa shape index (κ1) is 26.0. The van der Waals surface area contributed by atoms with Gasteiger partial charge >= 0.3 is 0 Å². The average Bonchev–Trinajstić information content (AvgIpc) is 2.88. The molecule has 164 valence electrons. The van der Waals surface area contributed by atoms with Crippen LogP contribution in [0.3, 0.4) is 0 Å². The number of carbonyl (C=O) groups is 2. The summed E-state index contributed by atoms with van der Waals surface area (Å²) in [5.41, 5.74) is 1.97. The minimum absolute atomic E-state index is 0.0629. The largest absolute Gasteiger partial charge is 0.354 e. The summed E-state index contributed by atoms with van der Waals surface area (Å²) in [5, 5.41) is 8.10. The second-order valence-electron chi connectivity index (χ2n) is 6.53. The maximum Gasteiger partial charge on any atom is 0.242 e. The fourth-order valence-corrected chi connectivity index (χ4v) is 3.92. The van der Waals surface area contributed by atoms with E-state index in [1.165, 1.54) is 6.08 Å². The van der Waals surface area contributed by atoms with Crippen molar-refractivity contribution in [1.29, 1.82) is 0 Å². The number of nitrogens with one attached hydrogen (secondary N) is 2. The molecule has 7 heteroatoms. The lowest BCUT2D eigenvalue weighted by Crippen LogP contribution is -2.47. The van der Waals surface area contributed by atoms with Crippen LogP contribution in [-0.4, -0.2) is 29.6 Å². The fourth-order valence-electron chi connectivity index (χ4n) is 2.77. The number of hydrogen-bond acceptors (Lipinski definition) is 4. The van der Waals surface area contributed by atoms with E-state index in [-0.39, 0.29) is 24.3 Å². The van der Waals surface area contributed by atoms with E-state index in [1.54, 1.807) is 11.8 Å². The number of allylic oxidation sites excluding steroid dienone is 1. The highest BCUT2D eigenvalue weighted by molar-refractivity contribution is 8.02. The Morgan fingerprint density at radius 2 is 2.07 bits per heavy atom. The maximum atomic E-state index is 11.6. The number of amides is 2. The average molecular weight is 450 g/mol. The molecular weight excluding hydrogens is 418 g/mol. The summed E-state index contributed by atoms with van der Waals surface area (Å²) in [4.78, 5) is 28.2. The topological polar surface area (TPSA) is 70.6 Å². The molecule has 0 saturated carbocycles. The molecule has 5 nitrogen and oxygen atoms in total. The second kappa shape index (κ2) is 14.9. The predicted octanol–water partition coefficient (Wildman–Crippen LogP) is 5.40. The van der Waals surface area contributed by atoms with Gasteiger partial charge in [-0.05, 0) is 31.2 Å². The molecule has 0 aliphatic carbocycles. The molecular formula is C23H32ClN3O2S. The normalized spacial score (nSPS) is 18.0. The van der Waals surface area contributed by atoms with Gasteiger partial charge in [0.05, 0.1) is 0 Å². The minimum Gasteiger partial charge on any atom is -0.354 e. The molecule has 1 unspecified atom stereocenters. The van der Waals surface area contributed by atoms with E-state index in [0.29, 0.717) is 11.7 Å². The molecule has 1 fully saturated rings. The van der Waals surface area contributed by atoms with Gasteiger partial charge in [-0.15, -0.1) is 6.58 Å². The molecule has 0 bridgehead atoms. The quantitative estimate of drug-likeness (QED) is 0.606. The molecule has 1 saturated heterocycles. The summed E-state index contributed by atoms with van der Waals surface area (Å²) >= 11 is 7.70. The molecule has 0 radical (unpaired) electrons. The van der Waals surface area contributed by atoms with Crippen molar-refractivity contribution in [1.82, 2.24) is 10.6 Å². The van der Waals surface area contributed by atoms with E-state index in [0.717, 1.165) is 41.8 Å². The molecule has 1 aromatic rings. The van der Waals surface area contributed by atoms with Crippen molar-refractivity contribution in [3.05, 3.63) is 53.6 Å². The van der Waals surface area contributed by atoms with Crippen LogP contribution in [0.25, 0.3) is 0 Å². The number of hydrogen-bond donors (Lipinski definition) is 2. The van der Waals surface area contributed by atoms with Crippen LogP contribution in [0.4, 0.5) is 0 Å². The standard InChI is InChI=1S/C11H18N2O2.C10H8ClNS.C2H6/c1-2-6-10(14)13-9-7-4-3-5-8-12-11(9)15;1-7-6-13-9-5-3-2-4-8(9)10(11)12-7;1-2/h2,9H,1,3-8H2,(H,12,15)(H,13,14);2-6H,1H3;1-2H3. The number of halogens is 1. The Hall–Kier alpha value is -2.05. The van der Waals surface area contributed by atoms with Crippen LogP contribution in [-0.2, 0) is 9.59 Å². The molecule has 2 aliphatic heterocycles. The van der Waals surface area contributed by atoms with Gasteiger partial charge in [-0.1, -0.05) is 74.3 Å². The zero-order chi connectivity index (χ0) is 22.4. The lowest BCUT2D eigenvalue weighted by Gasteiger charge is -2.20. The molecule has 1 atom stereocenters. The first-order valence-corrected chi connectivity index (χ1v) is 11.6. The lowest BCUT2D eigenvalue weighted by molar-refractivity contribution is -0.129. The molecule has 2 aliphatic rings. The molecule has 3 rings (SSSR count). The van der Waals surface area contributed by atoms with Gasteiger partial charge in [-0.3, -0.25) is 9.59 Å². The van der Waals surface area contributed by atoms with E-state index in [9.17, 15) is 9.59 Å². The molecule has 30 heavy (non-hydrogen) atoms. The van der Waals surface area contributed by atoms with E-state index in [4.69, 9.17) is 11.6 Å². The van der Waals surface area contributed by atoms with Gasteiger partial charge in [0.2, 0.25) is 11.8 Å². The summed E-state index contributed by atoms with van der Waals surface area (Å²) in [7, 11) is 0. The van der Waals surface area contributed by atoms with Crippen molar-refractivity contribution in [3.8, 4) is 0 Å². The first-order chi connectivity index (χ1) is 14.5. The van der Waals surface area contributed by atoms with Crippen LogP contribution in [0.2, 0.25) is 0 Å². The van der Waals surface area contributed by atoms with Crippen molar-refractivity contribution < 1.29 is 9.59 Å². The summed E-state index contributed by atoms with van der Waals surface area (Å²) in [6, 6.07) is 7.65. The van der Waals surface area contributed by atoms with Crippen LogP contribution in [0.15, 0.2) is 57.9 Å². The fraction of sp³-hybridized carbons (Fsp3) is 0.435. The van der Waals surface area contributed by atoms with Crippen molar-refractivity contribution in [3.63, 3.8) is 0 Å². The number of thioether (sulfide) groups is 1. The van der Waals surface area contributed by atoms with Crippen molar-refractivity contribution in [2.45, 2.75) is 63.8 Å². The molecule has 0 spiro atoms. The van der Waals surface area contributed by atoms with Gasteiger partial charge in [0.25, 0.3) is 0 Å². The molecule has 2 N–H and O–H groups in total. The highest BCUT2D eigenvalue weighted by Crippen LogP contribution is 2.29. The van der Waals surface area contributed by atoms with E-state index in [2.05, 4.69) is 22.2 Å². The highest BCUT2D eigenvalue weighted by atomic mass is 35.5. The molecule has 1 aromatic carbocycles. The number of carbonyl (C=O) groups excluding carboxylic acids is 2. The number of rotatable bonds is 3. The minimum atomic E-state index is -0.363. The van der Waals surface area contributed by atoms with Gasteiger partial charge in [0, 0.05) is 29.1 Å². The Morgan fingerprint density at radius 3 is 2.80 bits per heavy atom. The van der Waals surface area contributed by atoms with Crippen LogP contribution >= 0.6 is 23.4 Å². The van der Waals surface area contributed by atoms with Crippen molar-refractivity contribution >= 4 is 40.3 Å².